The van der Waals surface area contributed by atoms with Crippen molar-refractivity contribution in [1.82, 2.24) is 10.3 Å². The average molecular weight is 280 g/mol. The molecule has 1 heterocycles. The van der Waals surface area contributed by atoms with Crippen molar-refractivity contribution >= 4 is 5.91 Å². The first-order valence-corrected chi connectivity index (χ1v) is 7.60. The molecule has 2 atom stereocenters. The molecule has 3 heteroatoms. The van der Waals surface area contributed by atoms with Crippen LogP contribution in [0.15, 0.2) is 54.7 Å². The van der Waals surface area contributed by atoms with Gasteiger partial charge in [-0.25, -0.2) is 0 Å². The Morgan fingerprint density at radius 2 is 1.86 bits per heavy atom. The molecule has 1 aromatic carbocycles. The van der Waals surface area contributed by atoms with E-state index >= 15 is 0 Å². The summed E-state index contributed by atoms with van der Waals surface area (Å²) in [5.74, 6) is 0.489. The van der Waals surface area contributed by atoms with E-state index in [4.69, 9.17) is 0 Å². The highest BCUT2D eigenvalue weighted by Gasteiger charge is 2.24. The molecule has 1 saturated carbocycles. The Bertz CT molecular complexity index is 583. The topological polar surface area (TPSA) is 42.0 Å². The highest BCUT2D eigenvalue weighted by atomic mass is 16.1. The van der Waals surface area contributed by atoms with Gasteiger partial charge in [-0.3, -0.25) is 9.78 Å². The molecular weight excluding hydrogens is 260 g/mol. The zero-order chi connectivity index (χ0) is 14.5. The Hall–Kier alpha value is -2.16. The Labute approximate surface area is 125 Å². The third-order valence-electron chi connectivity index (χ3n) is 4.18. The third kappa shape index (κ3) is 3.48. The number of hydrogen-bond donors (Lipinski definition) is 1. The summed E-state index contributed by atoms with van der Waals surface area (Å²) in [6.45, 7) is 0. The minimum absolute atomic E-state index is 0.0608. The van der Waals surface area contributed by atoms with Gasteiger partial charge in [-0.05, 0) is 42.9 Å². The molecule has 1 N–H and O–H groups in total. The van der Waals surface area contributed by atoms with Crippen LogP contribution in [-0.4, -0.2) is 16.9 Å². The van der Waals surface area contributed by atoms with Crippen LogP contribution in [0.5, 0.6) is 0 Å². The average Bonchev–Trinajstić information content (AvgIpc) is 2.57. The van der Waals surface area contributed by atoms with E-state index in [2.05, 4.69) is 34.6 Å². The third-order valence-corrected chi connectivity index (χ3v) is 4.18. The van der Waals surface area contributed by atoms with Gasteiger partial charge in [-0.2, -0.15) is 0 Å². The smallest absolute Gasteiger partial charge is 0.270 e. The number of benzene rings is 1. The molecule has 1 amide bonds. The predicted octanol–water partition coefficient (Wildman–Crippen LogP) is 3.54. The van der Waals surface area contributed by atoms with Gasteiger partial charge >= 0.3 is 0 Å². The van der Waals surface area contributed by atoms with Crippen molar-refractivity contribution in [2.45, 2.75) is 37.6 Å². The first kappa shape index (κ1) is 13.8. The lowest BCUT2D eigenvalue weighted by Crippen LogP contribution is -2.38. The van der Waals surface area contributed by atoms with E-state index in [1.807, 2.05) is 18.2 Å². The molecule has 0 saturated heterocycles. The molecular formula is C18H20N2O. The van der Waals surface area contributed by atoms with E-state index in [1.165, 1.54) is 12.0 Å². The standard InChI is InChI=1S/C18H20N2O/c21-18(17-11-4-5-12-19-17)20-16-10-6-9-15(13-16)14-7-2-1-3-8-14/h1-5,7-8,11-12,15-16H,6,9-10,13H2,(H,20,21)/t15-,16+/m1/s1. The monoisotopic (exact) mass is 280 g/mol. The number of rotatable bonds is 3. The number of aromatic nitrogens is 1. The van der Waals surface area contributed by atoms with Crippen LogP contribution >= 0.6 is 0 Å². The summed E-state index contributed by atoms with van der Waals surface area (Å²) >= 11 is 0. The second-order valence-corrected chi connectivity index (χ2v) is 5.66. The molecule has 0 unspecified atom stereocenters. The van der Waals surface area contributed by atoms with E-state index in [-0.39, 0.29) is 11.9 Å². The van der Waals surface area contributed by atoms with Gasteiger partial charge in [0.2, 0.25) is 0 Å². The first-order valence-electron chi connectivity index (χ1n) is 7.60. The van der Waals surface area contributed by atoms with Gasteiger partial charge in [0.1, 0.15) is 5.69 Å². The van der Waals surface area contributed by atoms with Crippen LogP contribution in [0.3, 0.4) is 0 Å². The second kappa shape index (κ2) is 6.53. The fourth-order valence-corrected chi connectivity index (χ4v) is 3.11. The first-order chi connectivity index (χ1) is 10.3. The van der Waals surface area contributed by atoms with Crippen LogP contribution in [0.25, 0.3) is 0 Å². The Morgan fingerprint density at radius 3 is 2.62 bits per heavy atom. The van der Waals surface area contributed by atoms with Crippen molar-refractivity contribution in [1.29, 1.82) is 0 Å². The summed E-state index contributed by atoms with van der Waals surface area (Å²) in [4.78, 5) is 16.3. The molecule has 1 aliphatic rings. The highest BCUT2D eigenvalue weighted by Crippen LogP contribution is 2.32. The van der Waals surface area contributed by atoms with E-state index in [1.54, 1.807) is 12.3 Å². The Balaban J connectivity index is 1.63. The maximum Gasteiger partial charge on any atom is 0.270 e. The quantitative estimate of drug-likeness (QED) is 0.934. The molecule has 0 aliphatic heterocycles. The molecule has 0 spiro atoms. The molecule has 0 bridgehead atoms. The SMILES string of the molecule is O=C(N[C@H]1CCC[C@@H](c2ccccc2)C1)c1ccccn1. The van der Waals surface area contributed by atoms with Crippen LogP contribution in [0, 0.1) is 0 Å². The fourth-order valence-electron chi connectivity index (χ4n) is 3.11. The Kier molecular flexibility index (Phi) is 4.29. The molecule has 3 nitrogen and oxygen atoms in total. The van der Waals surface area contributed by atoms with E-state index in [9.17, 15) is 4.79 Å². The summed E-state index contributed by atoms with van der Waals surface area (Å²) in [5.41, 5.74) is 1.88. The van der Waals surface area contributed by atoms with Gasteiger partial charge in [0.05, 0.1) is 0 Å². The molecule has 1 fully saturated rings. The van der Waals surface area contributed by atoms with Gasteiger partial charge in [0, 0.05) is 12.2 Å². The second-order valence-electron chi connectivity index (χ2n) is 5.66. The lowest BCUT2D eigenvalue weighted by Gasteiger charge is -2.30. The van der Waals surface area contributed by atoms with Crippen molar-refractivity contribution < 1.29 is 4.79 Å². The number of carbonyl (C=O) groups excluding carboxylic acids is 1. The molecule has 108 valence electrons. The van der Waals surface area contributed by atoms with E-state index in [0.717, 1.165) is 19.3 Å². The van der Waals surface area contributed by atoms with Gasteiger partial charge < -0.3 is 5.32 Å². The van der Waals surface area contributed by atoms with Crippen LogP contribution in [0.2, 0.25) is 0 Å². The summed E-state index contributed by atoms with van der Waals surface area (Å²) in [7, 11) is 0. The van der Waals surface area contributed by atoms with Gasteiger partial charge in [0.15, 0.2) is 0 Å². The maximum atomic E-state index is 12.2. The summed E-state index contributed by atoms with van der Waals surface area (Å²) in [5, 5.41) is 3.13. The number of nitrogens with one attached hydrogen (secondary N) is 1. The lowest BCUT2D eigenvalue weighted by molar-refractivity contribution is 0.0920. The van der Waals surface area contributed by atoms with Crippen LogP contribution in [0.1, 0.15) is 47.7 Å². The molecule has 21 heavy (non-hydrogen) atoms. The largest absolute Gasteiger partial charge is 0.348 e. The maximum absolute atomic E-state index is 12.2. The summed E-state index contributed by atoms with van der Waals surface area (Å²) in [6, 6.07) is 16.3. The number of pyridine rings is 1. The van der Waals surface area contributed by atoms with Gasteiger partial charge in [-0.1, -0.05) is 42.8 Å². The van der Waals surface area contributed by atoms with Crippen LogP contribution < -0.4 is 5.32 Å². The van der Waals surface area contributed by atoms with E-state index < -0.39 is 0 Å². The van der Waals surface area contributed by atoms with Crippen LogP contribution in [-0.2, 0) is 0 Å². The molecule has 0 radical (unpaired) electrons. The molecule has 2 aromatic rings. The van der Waals surface area contributed by atoms with Gasteiger partial charge in [-0.15, -0.1) is 0 Å². The number of nitrogens with zero attached hydrogens (tertiary/aromatic N) is 1. The number of hydrogen-bond acceptors (Lipinski definition) is 2. The number of carbonyl (C=O) groups is 1. The van der Waals surface area contributed by atoms with Crippen molar-refractivity contribution in [3.8, 4) is 0 Å². The normalized spacial score (nSPS) is 21.7. The van der Waals surface area contributed by atoms with Crippen LogP contribution in [0.4, 0.5) is 0 Å². The zero-order valence-electron chi connectivity index (χ0n) is 12.0. The van der Waals surface area contributed by atoms with Gasteiger partial charge in [0.25, 0.3) is 5.91 Å². The van der Waals surface area contributed by atoms with Crippen molar-refractivity contribution in [3.63, 3.8) is 0 Å². The minimum Gasteiger partial charge on any atom is -0.348 e. The zero-order valence-corrected chi connectivity index (χ0v) is 12.0. The lowest BCUT2D eigenvalue weighted by atomic mass is 9.81. The van der Waals surface area contributed by atoms with Crippen molar-refractivity contribution in [2.24, 2.45) is 0 Å². The highest BCUT2D eigenvalue weighted by molar-refractivity contribution is 5.92. The Morgan fingerprint density at radius 1 is 1.05 bits per heavy atom. The van der Waals surface area contributed by atoms with E-state index in [0.29, 0.717) is 11.6 Å². The van der Waals surface area contributed by atoms with Crippen molar-refractivity contribution in [2.75, 3.05) is 0 Å². The van der Waals surface area contributed by atoms with Crippen molar-refractivity contribution in [3.05, 3.63) is 66.0 Å². The minimum atomic E-state index is -0.0608. The fraction of sp³-hybridized carbons (Fsp3) is 0.333. The molecule has 1 aliphatic carbocycles. The summed E-state index contributed by atoms with van der Waals surface area (Å²) in [6.07, 6.45) is 6.10. The molecule has 1 aromatic heterocycles. The molecule has 3 rings (SSSR count). The summed E-state index contributed by atoms with van der Waals surface area (Å²) < 4.78 is 0. The number of amides is 1. The predicted molar refractivity (Wildman–Crippen MR) is 83.1 cm³/mol.